The molecule has 2 rings (SSSR count). The Balaban J connectivity index is 0.00000264. The number of halogens is 3. The summed E-state index contributed by atoms with van der Waals surface area (Å²) in [4.78, 5) is 14.0. The van der Waals surface area contributed by atoms with Gasteiger partial charge in [0.25, 0.3) is 0 Å². The van der Waals surface area contributed by atoms with E-state index in [9.17, 15) is 13.6 Å². The van der Waals surface area contributed by atoms with Crippen LogP contribution in [0.1, 0.15) is 44.1 Å². The van der Waals surface area contributed by atoms with Gasteiger partial charge in [0.1, 0.15) is 0 Å². The third kappa shape index (κ3) is 5.15. The molecule has 1 aliphatic carbocycles. The van der Waals surface area contributed by atoms with Crippen LogP contribution in [0.2, 0.25) is 0 Å². The van der Waals surface area contributed by atoms with E-state index < -0.39 is 11.6 Å². The molecular weight excluding hydrogens is 322 g/mol. The fourth-order valence-corrected chi connectivity index (χ4v) is 3.21. The Kier molecular flexibility index (Phi) is 7.42. The summed E-state index contributed by atoms with van der Waals surface area (Å²) in [5, 5.41) is 0. The quantitative estimate of drug-likeness (QED) is 0.884. The monoisotopic (exact) mass is 346 g/mol. The summed E-state index contributed by atoms with van der Waals surface area (Å²) in [7, 11) is 1.69. The van der Waals surface area contributed by atoms with E-state index in [4.69, 9.17) is 5.73 Å². The minimum Gasteiger partial charge on any atom is -0.341 e. The van der Waals surface area contributed by atoms with E-state index in [1.165, 1.54) is 12.5 Å². The second kappa shape index (κ2) is 8.60. The Labute approximate surface area is 142 Å². The average molecular weight is 347 g/mol. The number of hydrogen-bond donors (Lipinski definition) is 1. The van der Waals surface area contributed by atoms with E-state index in [0.717, 1.165) is 37.8 Å². The van der Waals surface area contributed by atoms with Crippen LogP contribution >= 0.6 is 12.4 Å². The Morgan fingerprint density at radius 1 is 1.22 bits per heavy atom. The molecule has 0 saturated heterocycles. The number of carbonyl (C=O) groups is 1. The van der Waals surface area contributed by atoms with Crippen LogP contribution < -0.4 is 5.73 Å². The van der Waals surface area contributed by atoms with Gasteiger partial charge in [0.15, 0.2) is 11.6 Å². The first kappa shape index (κ1) is 19.8. The number of rotatable bonds is 5. The van der Waals surface area contributed by atoms with Gasteiger partial charge in [-0.1, -0.05) is 25.3 Å². The summed E-state index contributed by atoms with van der Waals surface area (Å²) in [5.74, 6) is -1.75. The average Bonchev–Trinajstić information content (AvgIpc) is 2.51. The zero-order chi connectivity index (χ0) is 16.2. The summed E-state index contributed by atoms with van der Waals surface area (Å²) >= 11 is 0. The summed E-state index contributed by atoms with van der Waals surface area (Å²) in [5.41, 5.74) is 6.41. The number of nitrogens with two attached hydrogens (primary N) is 1. The summed E-state index contributed by atoms with van der Waals surface area (Å²) in [6.45, 7) is 0.800. The Bertz CT molecular complexity index is 533. The lowest BCUT2D eigenvalue weighted by molar-refractivity contribution is -0.133. The van der Waals surface area contributed by atoms with Crippen molar-refractivity contribution in [1.82, 2.24) is 4.90 Å². The molecule has 0 aromatic heterocycles. The highest BCUT2D eigenvalue weighted by Gasteiger charge is 2.33. The lowest BCUT2D eigenvalue weighted by Crippen LogP contribution is -2.39. The van der Waals surface area contributed by atoms with Crippen molar-refractivity contribution in [1.29, 1.82) is 0 Å². The van der Waals surface area contributed by atoms with Crippen molar-refractivity contribution in [2.24, 2.45) is 11.1 Å². The molecular formula is C17H25ClF2N2O. The van der Waals surface area contributed by atoms with Crippen LogP contribution in [0.5, 0.6) is 0 Å². The van der Waals surface area contributed by atoms with Crippen molar-refractivity contribution in [3.8, 4) is 0 Å². The molecule has 2 N–H and O–H groups in total. The Morgan fingerprint density at radius 2 is 1.87 bits per heavy atom. The zero-order valence-corrected chi connectivity index (χ0v) is 14.3. The highest BCUT2D eigenvalue weighted by Crippen LogP contribution is 2.38. The molecule has 1 amide bonds. The van der Waals surface area contributed by atoms with E-state index in [-0.39, 0.29) is 30.3 Å². The van der Waals surface area contributed by atoms with Gasteiger partial charge in [-0.2, -0.15) is 0 Å². The first-order chi connectivity index (χ1) is 10.5. The molecule has 0 heterocycles. The lowest BCUT2D eigenvalue weighted by Gasteiger charge is -2.36. The fraction of sp³-hybridized carbons (Fsp3) is 0.588. The van der Waals surface area contributed by atoms with Gasteiger partial charge in [0.2, 0.25) is 5.91 Å². The predicted molar refractivity (Wildman–Crippen MR) is 89.3 cm³/mol. The van der Waals surface area contributed by atoms with Crippen molar-refractivity contribution in [3.05, 3.63) is 35.4 Å². The van der Waals surface area contributed by atoms with Gasteiger partial charge in [-0.05, 0) is 42.5 Å². The Hall–Kier alpha value is -1.20. The molecule has 23 heavy (non-hydrogen) atoms. The molecule has 0 aliphatic heterocycles. The number of hydrogen-bond acceptors (Lipinski definition) is 2. The van der Waals surface area contributed by atoms with Crippen molar-refractivity contribution >= 4 is 18.3 Å². The lowest BCUT2D eigenvalue weighted by atomic mass is 9.71. The van der Waals surface area contributed by atoms with Gasteiger partial charge in [0.05, 0.1) is 0 Å². The van der Waals surface area contributed by atoms with Gasteiger partial charge < -0.3 is 10.6 Å². The van der Waals surface area contributed by atoms with Crippen LogP contribution in [0.25, 0.3) is 0 Å². The van der Waals surface area contributed by atoms with E-state index in [2.05, 4.69) is 0 Å². The maximum Gasteiger partial charge on any atom is 0.223 e. The molecule has 3 nitrogen and oxygen atoms in total. The summed E-state index contributed by atoms with van der Waals surface area (Å²) in [6, 6.07) is 3.73. The third-order valence-corrected chi connectivity index (χ3v) is 4.70. The molecule has 0 radical (unpaired) electrons. The highest BCUT2D eigenvalue weighted by atomic mass is 35.5. The number of carbonyl (C=O) groups excluding carboxylic acids is 1. The van der Waals surface area contributed by atoms with Crippen molar-refractivity contribution in [2.45, 2.75) is 45.1 Å². The second-order valence-electron chi connectivity index (χ2n) is 6.44. The van der Waals surface area contributed by atoms with E-state index in [1.807, 2.05) is 0 Å². The fourth-order valence-electron chi connectivity index (χ4n) is 3.21. The maximum absolute atomic E-state index is 13.2. The van der Waals surface area contributed by atoms with Crippen LogP contribution in [0.3, 0.4) is 0 Å². The van der Waals surface area contributed by atoms with Crippen LogP contribution in [0.15, 0.2) is 18.2 Å². The van der Waals surface area contributed by atoms with Crippen LogP contribution in [0, 0.1) is 17.0 Å². The first-order valence-electron chi connectivity index (χ1n) is 7.84. The van der Waals surface area contributed by atoms with Crippen molar-refractivity contribution < 1.29 is 13.6 Å². The Morgan fingerprint density at radius 3 is 2.43 bits per heavy atom. The number of amides is 1. The van der Waals surface area contributed by atoms with Gasteiger partial charge in [-0.3, -0.25) is 4.79 Å². The largest absolute Gasteiger partial charge is 0.341 e. The van der Waals surface area contributed by atoms with Gasteiger partial charge >= 0.3 is 0 Å². The normalized spacial score (nSPS) is 16.5. The predicted octanol–water partition coefficient (Wildman–Crippen LogP) is 3.64. The molecule has 0 atom stereocenters. The minimum atomic E-state index is -0.885. The molecule has 1 fully saturated rings. The molecule has 0 spiro atoms. The van der Waals surface area contributed by atoms with Crippen LogP contribution in [-0.4, -0.2) is 24.4 Å². The van der Waals surface area contributed by atoms with Gasteiger partial charge in [-0.15, -0.1) is 12.4 Å². The molecule has 1 aromatic carbocycles. The van der Waals surface area contributed by atoms with Gasteiger partial charge in [0, 0.05) is 20.0 Å². The SMILES string of the molecule is CN(Cc1ccc(F)c(F)c1)C(=O)CC1(CN)CCCCC1.Cl. The minimum absolute atomic E-state index is 0. The van der Waals surface area contributed by atoms with E-state index >= 15 is 0 Å². The molecule has 130 valence electrons. The molecule has 1 saturated carbocycles. The molecule has 1 aliphatic rings. The van der Waals surface area contributed by atoms with Crippen LogP contribution in [-0.2, 0) is 11.3 Å². The molecule has 0 unspecified atom stereocenters. The second-order valence-corrected chi connectivity index (χ2v) is 6.44. The first-order valence-corrected chi connectivity index (χ1v) is 7.84. The molecule has 6 heteroatoms. The van der Waals surface area contributed by atoms with E-state index in [1.54, 1.807) is 11.9 Å². The smallest absolute Gasteiger partial charge is 0.223 e. The van der Waals surface area contributed by atoms with Crippen LogP contribution in [0.4, 0.5) is 8.78 Å². The molecule has 0 bridgehead atoms. The number of benzene rings is 1. The van der Waals surface area contributed by atoms with Gasteiger partial charge in [-0.25, -0.2) is 8.78 Å². The van der Waals surface area contributed by atoms with Crippen molar-refractivity contribution in [3.63, 3.8) is 0 Å². The third-order valence-electron chi connectivity index (χ3n) is 4.70. The van der Waals surface area contributed by atoms with E-state index in [0.29, 0.717) is 18.5 Å². The maximum atomic E-state index is 13.2. The highest BCUT2D eigenvalue weighted by molar-refractivity contribution is 5.85. The topological polar surface area (TPSA) is 46.3 Å². The molecule has 1 aromatic rings. The standard InChI is InChI=1S/C17H24F2N2O.ClH/c1-21(11-13-5-6-14(18)15(19)9-13)16(22)10-17(12-20)7-3-2-4-8-17;/h5-6,9H,2-4,7-8,10-12,20H2,1H3;1H. The summed E-state index contributed by atoms with van der Waals surface area (Å²) in [6.07, 6.45) is 5.88. The summed E-state index contributed by atoms with van der Waals surface area (Å²) < 4.78 is 26.2. The number of nitrogens with zero attached hydrogens (tertiary/aromatic N) is 1. The van der Waals surface area contributed by atoms with Crippen molar-refractivity contribution in [2.75, 3.05) is 13.6 Å². The zero-order valence-electron chi connectivity index (χ0n) is 13.5.